The smallest absolute Gasteiger partial charge is 0.0734 e. The monoisotopic (exact) mass is 897 g/mol. The van der Waals surface area contributed by atoms with Gasteiger partial charge in [0.15, 0.2) is 0 Å². The maximum atomic E-state index is 2.70. The molecule has 0 aliphatic heterocycles. The first-order valence-corrected chi connectivity index (χ1v) is 25.6. The van der Waals surface area contributed by atoms with Gasteiger partial charge in [0.1, 0.15) is 0 Å². The Kier molecular flexibility index (Phi) is 9.37. The van der Waals surface area contributed by atoms with Gasteiger partial charge in [-0.1, -0.05) is 227 Å². The summed E-state index contributed by atoms with van der Waals surface area (Å²) in [5.74, 6) is 2.06. The van der Waals surface area contributed by atoms with Crippen LogP contribution in [-0.2, 0) is 10.8 Å². The lowest BCUT2D eigenvalue weighted by molar-refractivity contribution is 0.420. The van der Waals surface area contributed by atoms with Crippen molar-refractivity contribution in [1.29, 1.82) is 0 Å². The number of para-hydroxylation sites is 2. The fourth-order valence-electron chi connectivity index (χ4n) is 14.3. The van der Waals surface area contributed by atoms with E-state index in [4.69, 9.17) is 0 Å². The van der Waals surface area contributed by atoms with E-state index in [1.807, 2.05) is 0 Å². The average Bonchev–Trinajstić information content (AvgIpc) is 4.19. The first-order valence-electron chi connectivity index (χ1n) is 25.6. The summed E-state index contributed by atoms with van der Waals surface area (Å²) < 4.78 is 0. The van der Waals surface area contributed by atoms with E-state index >= 15 is 0 Å². The van der Waals surface area contributed by atoms with Gasteiger partial charge in [-0.05, 0) is 144 Å². The maximum Gasteiger partial charge on any atom is 0.0734 e. The van der Waals surface area contributed by atoms with Gasteiger partial charge in [-0.25, -0.2) is 0 Å². The molecule has 1 heteroatoms. The lowest BCUT2D eigenvalue weighted by atomic mass is 9.67. The zero-order valence-corrected chi connectivity index (χ0v) is 39.9. The van der Waals surface area contributed by atoms with Gasteiger partial charge >= 0.3 is 0 Å². The molecular formula is C69H55N. The van der Waals surface area contributed by atoms with Crippen LogP contribution in [0.3, 0.4) is 0 Å². The first kappa shape index (κ1) is 41.3. The number of benzene rings is 10. The molecule has 4 aliphatic rings. The predicted octanol–water partition coefficient (Wildman–Crippen LogP) is 18.2. The molecule has 0 spiro atoms. The molecule has 336 valence electrons. The molecule has 1 nitrogen and oxygen atoms in total. The van der Waals surface area contributed by atoms with Gasteiger partial charge in [-0.3, -0.25) is 0 Å². The average molecular weight is 898 g/mol. The molecule has 10 aromatic carbocycles. The molecular weight excluding hydrogens is 843 g/mol. The van der Waals surface area contributed by atoms with Crippen LogP contribution in [0, 0.1) is 11.8 Å². The zero-order chi connectivity index (χ0) is 46.6. The number of rotatable bonds is 8. The fourth-order valence-corrected chi connectivity index (χ4v) is 14.3. The van der Waals surface area contributed by atoms with E-state index in [2.05, 4.69) is 249 Å². The highest BCUT2D eigenvalue weighted by Gasteiger charge is 2.49. The summed E-state index contributed by atoms with van der Waals surface area (Å²) in [5.41, 5.74) is 22.8. The lowest BCUT2D eigenvalue weighted by Gasteiger charge is -2.39. The molecule has 10 aromatic rings. The number of hydrogen-bond donors (Lipinski definition) is 0. The van der Waals surface area contributed by atoms with Crippen molar-refractivity contribution < 1.29 is 0 Å². The Morgan fingerprint density at radius 2 is 0.943 bits per heavy atom. The summed E-state index contributed by atoms with van der Waals surface area (Å²) in [5, 5.41) is 2.51. The van der Waals surface area contributed by atoms with Crippen molar-refractivity contribution >= 4 is 27.8 Å². The quantitative estimate of drug-likeness (QED) is 0.147. The van der Waals surface area contributed by atoms with E-state index in [0.29, 0.717) is 5.92 Å². The number of fused-ring (bicyclic) bond motifs is 9. The topological polar surface area (TPSA) is 3.24 Å². The van der Waals surface area contributed by atoms with Crippen LogP contribution >= 0.6 is 0 Å². The van der Waals surface area contributed by atoms with E-state index < -0.39 is 5.41 Å². The molecule has 2 saturated carbocycles. The Morgan fingerprint density at radius 3 is 1.66 bits per heavy atom. The normalized spacial score (nSPS) is 18.6. The SMILES string of the molecule is CC1(C)c2ccccc2-c2cc(-c3ccc(-c4ccccc4N(c4ccccc4C4CC5CCC4C5)c4cccc5c4C(c4ccccc4)(c4ccccc4)c4ccccc4-5)c4ccccc34)ccc21. The third kappa shape index (κ3) is 5.97. The molecule has 2 bridgehead atoms. The van der Waals surface area contributed by atoms with Gasteiger partial charge in [0.2, 0.25) is 0 Å². The maximum absolute atomic E-state index is 2.70. The van der Waals surface area contributed by atoms with Crippen LogP contribution in [-0.4, -0.2) is 0 Å². The zero-order valence-electron chi connectivity index (χ0n) is 39.9. The van der Waals surface area contributed by atoms with Crippen molar-refractivity contribution in [3.05, 3.63) is 269 Å². The molecule has 0 amide bonds. The van der Waals surface area contributed by atoms with Crippen molar-refractivity contribution in [3.8, 4) is 44.5 Å². The Labute approximate surface area is 412 Å². The molecule has 70 heavy (non-hydrogen) atoms. The third-order valence-corrected chi connectivity index (χ3v) is 17.3. The van der Waals surface area contributed by atoms with Crippen molar-refractivity contribution in [3.63, 3.8) is 0 Å². The molecule has 0 radical (unpaired) electrons. The van der Waals surface area contributed by atoms with E-state index in [9.17, 15) is 0 Å². The minimum absolute atomic E-state index is 0.0363. The fraction of sp³-hybridized carbons (Fsp3) is 0.159. The Morgan fingerprint density at radius 1 is 0.386 bits per heavy atom. The summed E-state index contributed by atoms with van der Waals surface area (Å²) in [7, 11) is 0. The number of nitrogens with zero attached hydrogens (tertiary/aromatic N) is 1. The Balaban J connectivity index is 1.03. The number of anilines is 3. The molecule has 0 saturated heterocycles. The first-order chi connectivity index (χ1) is 34.5. The lowest BCUT2D eigenvalue weighted by Crippen LogP contribution is -2.30. The van der Waals surface area contributed by atoms with Crippen LogP contribution in [0.1, 0.15) is 84.4 Å². The van der Waals surface area contributed by atoms with Crippen LogP contribution in [0.25, 0.3) is 55.3 Å². The highest BCUT2D eigenvalue weighted by atomic mass is 15.2. The Hall–Kier alpha value is -7.74. The predicted molar refractivity (Wildman–Crippen MR) is 293 cm³/mol. The van der Waals surface area contributed by atoms with Crippen molar-refractivity contribution in [2.75, 3.05) is 4.90 Å². The van der Waals surface area contributed by atoms with E-state index in [1.54, 1.807) is 0 Å². The van der Waals surface area contributed by atoms with Crippen molar-refractivity contribution in [2.24, 2.45) is 11.8 Å². The third-order valence-electron chi connectivity index (χ3n) is 17.3. The molecule has 14 rings (SSSR count). The molecule has 0 N–H and O–H groups in total. The van der Waals surface area contributed by atoms with Crippen LogP contribution in [0.5, 0.6) is 0 Å². The highest BCUT2D eigenvalue weighted by molar-refractivity contribution is 6.08. The molecule has 2 fully saturated rings. The summed E-state index contributed by atoms with van der Waals surface area (Å²) in [4.78, 5) is 2.70. The van der Waals surface area contributed by atoms with Crippen molar-refractivity contribution in [2.45, 2.75) is 56.3 Å². The molecule has 0 aromatic heterocycles. The van der Waals surface area contributed by atoms with Crippen LogP contribution < -0.4 is 4.90 Å². The summed E-state index contributed by atoms with van der Waals surface area (Å²) >= 11 is 0. The summed E-state index contributed by atoms with van der Waals surface area (Å²) in [6.45, 7) is 4.73. The number of hydrogen-bond acceptors (Lipinski definition) is 1. The second kappa shape index (κ2) is 15.9. The molecule has 0 heterocycles. The van der Waals surface area contributed by atoms with Gasteiger partial charge in [0, 0.05) is 22.2 Å². The van der Waals surface area contributed by atoms with E-state index in [1.165, 1.54) is 137 Å². The molecule has 4 aliphatic carbocycles. The van der Waals surface area contributed by atoms with Gasteiger partial charge < -0.3 is 4.90 Å². The van der Waals surface area contributed by atoms with E-state index in [0.717, 1.165) is 11.8 Å². The second-order valence-corrected chi connectivity index (χ2v) is 21.1. The van der Waals surface area contributed by atoms with Gasteiger partial charge in [0.25, 0.3) is 0 Å². The van der Waals surface area contributed by atoms with Gasteiger partial charge in [0.05, 0.1) is 16.8 Å². The molecule has 3 atom stereocenters. The minimum Gasteiger partial charge on any atom is -0.309 e. The summed E-state index contributed by atoms with van der Waals surface area (Å²) in [6.07, 6.45) is 5.32. The van der Waals surface area contributed by atoms with Crippen molar-refractivity contribution in [1.82, 2.24) is 0 Å². The minimum atomic E-state index is -0.584. The summed E-state index contributed by atoms with van der Waals surface area (Å²) in [6, 6.07) is 87.7. The van der Waals surface area contributed by atoms with E-state index in [-0.39, 0.29) is 5.41 Å². The largest absolute Gasteiger partial charge is 0.309 e. The molecule has 3 unspecified atom stereocenters. The van der Waals surface area contributed by atoms with Crippen LogP contribution in [0.15, 0.2) is 231 Å². The second-order valence-electron chi connectivity index (χ2n) is 21.1. The highest BCUT2D eigenvalue weighted by Crippen LogP contribution is 2.62. The standard InChI is InChI=1S/C69H55N/c1-68(2)61-31-15-11-27-55(61)60-44-47(38-41-62(60)68)50-39-40-53(52-25-10-9-24-51(50)52)56-28-13-17-33-64(56)70(65-34-18-14-29-57(65)59-43-45-36-37-46(59)42-45)66-35-19-30-58-54-26-12-16-32-63(54)69(67(58)66,48-20-5-3-6-21-48)49-22-7-4-8-23-49/h3-35,38-41,44-46,59H,36-37,42-43H2,1-2H3. The van der Waals surface area contributed by atoms with Gasteiger partial charge in [-0.15, -0.1) is 0 Å². The van der Waals surface area contributed by atoms with Crippen LogP contribution in [0.2, 0.25) is 0 Å². The Bertz CT molecular complexity index is 3630. The van der Waals surface area contributed by atoms with Crippen LogP contribution in [0.4, 0.5) is 17.1 Å². The van der Waals surface area contributed by atoms with Gasteiger partial charge in [-0.2, -0.15) is 0 Å².